The Balaban J connectivity index is 2.83. The van der Waals surface area contributed by atoms with Crippen LogP contribution in [0.15, 0.2) is 17.0 Å². The molecule has 3 nitrogen and oxygen atoms in total. The molecule has 0 radical (unpaired) electrons. The molecular weight excluding hydrogens is 282 g/mol. The van der Waals surface area contributed by atoms with Gasteiger partial charge in [0, 0.05) is 6.04 Å². The molecule has 0 saturated carbocycles. The van der Waals surface area contributed by atoms with Crippen LogP contribution in [0.2, 0.25) is 0 Å². The van der Waals surface area contributed by atoms with Crippen molar-refractivity contribution in [3.8, 4) is 0 Å². The fraction of sp³-hybridized carbons (Fsp3) is 0.647. The van der Waals surface area contributed by atoms with Gasteiger partial charge < -0.3 is 0 Å². The molecule has 120 valence electrons. The summed E-state index contributed by atoms with van der Waals surface area (Å²) in [6.07, 6.45) is 3.06. The molecule has 0 aromatic heterocycles. The first kappa shape index (κ1) is 18.2. The van der Waals surface area contributed by atoms with Crippen molar-refractivity contribution in [2.75, 3.05) is 0 Å². The lowest BCUT2D eigenvalue weighted by Gasteiger charge is -2.17. The lowest BCUT2D eigenvalue weighted by molar-refractivity contribution is 0.488. The first-order valence-corrected chi connectivity index (χ1v) is 9.22. The fourth-order valence-corrected chi connectivity index (χ4v) is 4.54. The molecule has 1 unspecified atom stereocenters. The third-order valence-corrected chi connectivity index (χ3v) is 5.54. The summed E-state index contributed by atoms with van der Waals surface area (Å²) in [4.78, 5) is 0.434. The standard InChI is InChI=1S/C17H29NO2S/c1-12(2)8-7-9-16(6)18-21(19,20)17-14(4)10-13(3)11-15(17)5/h10-12,16,18H,7-9H2,1-6H3. The van der Waals surface area contributed by atoms with Crippen LogP contribution in [0.25, 0.3) is 0 Å². The Bertz CT molecular complexity index is 553. The molecule has 0 saturated heterocycles. The van der Waals surface area contributed by atoms with Crippen LogP contribution in [0.5, 0.6) is 0 Å². The van der Waals surface area contributed by atoms with Crippen molar-refractivity contribution in [1.29, 1.82) is 0 Å². The second kappa shape index (κ2) is 7.41. The third-order valence-electron chi connectivity index (χ3n) is 3.65. The molecule has 0 fully saturated rings. The van der Waals surface area contributed by atoms with Gasteiger partial charge in [-0.05, 0) is 51.2 Å². The van der Waals surface area contributed by atoms with Gasteiger partial charge in [-0.15, -0.1) is 0 Å². The molecule has 0 bridgehead atoms. The molecular formula is C17H29NO2S. The minimum absolute atomic E-state index is 0.0335. The summed E-state index contributed by atoms with van der Waals surface area (Å²) >= 11 is 0. The number of benzene rings is 1. The lowest BCUT2D eigenvalue weighted by Crippen LogP contribution is -2.33. The molecule has 0 aliphatic heterocycles. The number of rotatable bonds is 7. The highest BCUT2D eigenvalue weighted by Gasteiger charge is 2.21. The van der Waals surface area contributed by atoms with Crippen molar-refractivity contribution in [3.63, 3.8) is 0 Å². The normalized spacial score (nSPS) is 13.7. The molecule has 1 aromatic rings. The predicted octanol–water partition coefficient (Wildman–Crippen LogP) is 4.10. The quantitative estimate of drug-likeness (QED) is 0.824. The summed E-state index contributed by atoms with van der Waals surface area (Å²) < 4.78 is 28.0. The first-order valence-electron chi connectivity index (χ1n) is 7.73. The van der Waals surface area contributed by atoms with Crippen LogP contribution in [0, 0.1) is 26.7 Å². The van der Waals surface area contributed by atoms with Crippen LogP contribution in [-0.4, -0.2) is 14.5 Å². The summed E-state index contributed by atoms with van der Waals surface area (Å²) in [7, 11) is -3.44. The van der Waals surface area contributed by atoms with Gasteiger partial charge in [0.05, 0.1) is 4.90 Å². The van der Waals surface area contributed by atoms with E-state index < -0.39 is 10.0 Å². The van der Waals surface area contributed by atoms with E-state index in [9.17, 15) is 8.42 Å². The number of sulfonamides is 1. The Hall–Kier alpha value is -0.870. The van der Waals surface area contributed by atoms with Crippen molar-refractivity contribution >= 4 is 10.0 Å². The van der Waals surface area contributed by atoms with E-state index in [4.69, 9.17) is 0 Å². The average molecular weight is 311 g/mol. The lowest BCUT2D eigenvalue weighted by atomic mass is 10.0. The van der Waals surface area contributed by atoms with E-state index >= 15 is 0 Å². The maximum Gasteiger partial charge on any atom is 0.241 e. The summed E-state index contributed by atoms with van der Waals surface area (Å²) in [5.74, 6) is 0.662. The number of hydrogen-bond donors (Lipinski definition) is 1. The van der Waals surface area contributed by atoms with Gasteiger partial charge in [-0.1, -0.05) is 44.4 Å². The number of hydrogen-bond acceptors (Lipinski definition) is 2. The monoisotopic (exact) mass is 311 g/mol. The van der Waals surface area contributed by atoms with Gasteiger partial charge in [0.2, 0.25) is 10.0 Å². The van der Waals surface area contributed by atoms with Gasteiger partial charge >= 0.3 is 0 Å². The SMILES string of the molecule is Cc1cc(C)c(S(=O)(=O)NC(C)CCCC(C)C)c(C)c1. The van der Waals surface area contributed by atoms with E-state index in [-0.39, 0.29) is 6.04 Å². The molecule has 1 aromatic carbocycles. The van der Waals surface area contributed by atoms with Crippen molar-refractivity contribution in [1.82, 2.24) is 4.72 Å². The number of aryl methyl sites for hydroxylation is 3. The zero-order chi connectivity index (χ0) is 16.2. The zero-order valence-electron chi connectivity index (χ0n) is 14.2. The molecule has 21 heavy (non-hydrogen) atoms. The van der Waals surface area contributed by atoms with Crippen molar-refractivity contribution in [2.24, 2.45) is 5.92 Å². The van der Waals surface area contributed by atoms with E-state index in [1.54, 1.807) is 0 Å². The molecule has 0 aliphatic rings. The van der Waals surface area contributed by atoms with Crippen molar-refractivity contribution < 1.29 is 8.42 Å². The highest BCUT2D eigenvalue weighted by molar-refractivity contribution is 7.89. The van der Waals surface area contributed by atoms with Crippen molar-refractivity contribution in [3.05, 3.63) is 28.8 Å². The van der Waals surface area contributed by atoms with Crippen LogP contribution < -0.4 is 4.72 Å². The van der Waals surface area contributed by atoms with E-state index in [2.05, 4.69) is 18.6 Å². The second-order valence-corrected chi connectivity index (χ2v) is 8.23. The van der Waals surface area contributed by atoms with Gasteiger partial charge in [-0.2, -0.15) is 0 Å². The Morgan fingerprint density at radius 2 is 1.52 bits per heavy atom. The molecule has 1 atom stereocenters. The highest BCUT2D eigenvalue weighted by atomic mass is 32.2. The van der Waals surface area contributed by atoms with Gasteiger partial charge in [0.15, 0.2) is 0 Å². The largest absolute Gasteiger partial charge is 0.241 e. The van der Waals surface area contributed by atoms with Gasteiger partial charge in [0.25, 0.3) is 0 Å². The van der Waals surface area contributed by atoms with E-state index in [0.717, 1.165) is 36.0 Å². The van der Waals surface area contributed by atoms with E-state index in [1.807, 2.05) is 39.8 Å². The zero-order valence-corrected chi connectivity index (χ0v) is 15.0. The molecule has 0 spiro atoms. The molecule has 0 aliphatic carbocycles. The number of nitrogens with one attached hydrogen (secondary N) is 1. The summed E-state index contributed by atoms with van der Waals surface area (Å²) in [5.41, 5.74) is 2.72. The van der Waals surface area contributed by atoms with Crippen molar-refractivity contribution in [2.45, 2.75) is 71.7 Å². The van der Waals surface area contributed by atoms with Crippen LogP contribution in [0.1, 0.15) is 56.7 Å². The fourth-order valence-electron chi connectivity index (χ4n) is 2.81. The van der Waals surface area contributed by atoms with Crippen LogP contribution in [-0.2, 0) is 10.0 Å². The Morgan fingerprint density at radius 1 is 1.00 bits per heavy atom. The summed E-state index contributed by atoms with van der Waals surface area (Å²) in [5, 5.41) is 0. The van der Waals surface area contributed by atoms with Gasteiger partial charge in [-0.3, -0.25) is 0 Å². The van der Waals surface area contributed by atoms with Gasteiger partial charge in [-0.25, -0.2) is 13.1 Å². The second-order valence-electron chi connectivity index (χ2n) is 6.57. The Kier molecular flexibility index (Phi) is 6.41. The van der Waals surface area contributed by atoms with E-state index in [1.165, 1.54) is 0 Å². The molecule has 0 amide bonds. The Labute approximate surface area is 130 Å². The van der Waals surface area contributed by atoms with Crippen LogP contribution in [0.3, 0.4) is 0 Å². The maximum atomic E-state index is 12.6. The molecule has 0 heterocycles. The Morgan fingerprint density at radius 3 is 2.00 bits per heavy atom. The average Bonchev–Trinajstić information content (AvgIpc) is 2.24. The first-order chi connectivity index (χ1) is 9.63. The third kappa shape index (κ3) is 5.44. The summed E-state index contributed by atoms with van der Waals surface area (Å²) in [6.45, 7) is 12.0. The molecule has 1 rings (SSSR count). The molecule has 1 N–H and O–H groups in total. The highest BCUT2D eigenvalue weighted by Crippen LogP contribution is 2.22. The smallest absolute Gasteiger partial charge is 0.208 e. The topological polar surface area (TPSA) is 46.2 Å². The van der Waals surface area contributed by atoms with Crippen LogP contribution >= 0.6 is 0 Å². The molecule has 4 heteroatoms. The van der Waals surface area contributed by atoms with Crippen LogP contribution in [0.4, 0.5) is 0 Å². The predicted molar refractivity (Wildman–Crippen MR) is 89.1 cm³/mol. The summed E-state index contributed by atoms with van der Waals surface area (Å²) in [6, 6.07) is 3.81. The maximum absolute atomic E-state index is 12.6. The minimum Gasteiger partial charge on any atom is -0.208 e. The van der Waals surface area contributed by atoms with E-state index in [0.29, 0.717) is 10.8 Å². The van der Waals surface area contributed by atoms with Gasteiger partial charge in [0.1, 0.15) is 0 Å². The minimum atomic E-state index is -3.44.